The van der Waals surface area contributed by atoms with Crippen LogP contribution in [-0.4, -0.2) is 27.4 Å². The minimum atomic E-state index is -0.422. The van der Waals surface area contributed by atoms with Gasteiger partial charge in [0.05, 0.1) is 134 Å². The summed E-state index contributed by atoms with van der Waals surface area (Å²) in [5.74, 6) is 0. The molecule has 686 valence electrons. The van der Waals surface area contributed by atoms with Gasteiger partial charge >= 0.3 is 0 Å². The Morgan fingerprint density at radius 2 is 0.510 bits per heavy atom. The largest absolute Gasteiger partial charge is 0.310 e. The molecule has 0 aliphatic rings. The second-order valence-electron chi connectivity index (χ2n) is 40.2. The summed E-state index contributed by atoms with van der Waals surface area (Å²) in [6.07, 6.45) is 0.696. The van der Waals surface area contributed by atoms with Crippen molar-refractivity contribution in [2.24, 2.45) is 0 Å². The fourth-order valence-electron chi connectivity index (χ4n) is 24.0. The van der Waals surface area contributed by atoms with Gasteiger partial charge in [0.15, 0.2) is 0 Å². The molecule has 0 radical (unpaired) electrons. The van der Waals surface area contributed by atoms with Crippen molar-refractivity contribution in [3.63, 3.8) is 0 Å². The molecule has 0 unspecified atom stereocenters. The predicted octanol–water partition coefficient (Wildman–Crippen LogP) is 33.6. The molecule has 0 atom stereocenters. The van der Waals surface area contributed by atoms with Crippen LogP contribution in [0.3, 0.4) is 0 Å². The number of para-hydroxylation sites is 6. The van der Waals surface area contributed by atoms with E-state index >= 15 is 0 Å². The number of fused-ring (bicyclic) bond motifs is 24. The molecule has 0 aliphatic heterocycles. The van der Waals surface area contributed by atoms with Crippen molar-refractivity contribution < 1.29 is 0 Å². The lowest BCUT2D eigenvalue weighted by Crippen LogP contribution is -2.20. The van der Waals surface area contributed by atoms with Gasteiger partial charge in [-0.25, -0.2) is 0 Å². The molecule has 0 N–H and O–H groups in total. The molecule has 0 fully saturated rings. The third kappa shape index (κ3) is 13.1. The fourth-order valence-corrected chi connectivity index (χ4v) is 24.0. The summed E-state index contributed by atoms with van der Waals surface area (Å²) in [6, 6.07) is 160. The topological polar surface area (TPSA) is 176 Å². The SMILES string of the molecule is CC(C)(C)c1ccc2c(c1)c1cc(C(C)(C)Cc3ccc(N(c4ccccc4)c4ccc5c(c4)c4c6ccccc6ccc4n5-c4c(C#N)ccc(C#N)c4-n4c5ccccc5c5ccccc54)cc3)ccc1n2-c1c(C#N)ccc(C#N)c1-n1c2ccccc2c2c3ccc(-c4cccc(-c5ccc6c(c5)c5c7ccccc7ccc5n6-c5c(C#N)ccc(C#N)c5-n5c6ccccc6c6ccccc65)c4)cc3ccc21. The van der Waals surface area contributed by atoms with Crippen LogP contribution in [0.4, 0.5) is 17.1 Å². The summed E-state index contributed by atoms with van der Waals surface area (Å²) in [5, 5.41) is 87.3. The third-order valence-corrected chi connectivity index (χ3v) is 30.7. The predicted molar refractivity (Wildman–Crippen MR) is 601 cm³/mol. The molecule has 0 bridgehead atoms. The van der Waals surface area contributed by atoms with Crippen molar-refractivity contribution in [3.8, 4) is 92.8 Å². The minimum Gasteiger partial charge on any atom is -0.310 e. The third-order valence-electron chi connectivity index (χ3n) is 30.7. The summed E-state index contributed by atoms with van der Waals surface area (Å²) in [6.45, 7) is 11.4. The Labute approximate surface area is 845 Å². The standard InChI is InChI=1S/C134H85N13/c1-133(2,3)95-55-65-117-108(71-95)109-72-96(134(4,5)74-81-42-57-98(58-43-81)141(97-28-7-6-8-29-97)99-59-67-120-111(73-99)126-101-31-12-10-25-83(101)52-63-123(126)147(120)132-94(80-140)49-45-90(76-136)128(132)143-114-39-20-15-34-105(114)106-35-16-21-40-115(106)143)56-66-118(109)144(117)129-91(77-137)46-47-92(78-138)130(129)145-116-41-22-17-36-107(116)124-102-60-50-86(69-88(102)54-64-121(124)145)84-26-23-27-85(68-84)87-53-61-119-110(70-87)125-100-30-11-9-24-82(100)51-62-122(125)146(119)131-93(79-139)48-44-89(75-135)127(131)142-112-37-18-13-32-103(112)104-33-14-19-38-113(104)142/h6-73H,74H2,1-5H3. The first-order valence-corrected chi connectivity index (χ1v) is 49.5. The molecule has 27 rings (SSSR count). The molecule has 27 aromatic rings. The van der Waals surface area contributed by atoms with Gasteiger partial charge in [-0.2, -0.15) is 31.6 Å². The summed E-state index contributed by atoms with van der Waals surface area (Å²) in [5.41, 5.74) is 27.1. The van der Waals surface area contributed by atoms with Crippen LogP contribution in [0.25, 0.3) is 220 Å². The van der Waals surface area contributed by atoms with Crippen molar-refractivity contribution in [1.82, 2.24) is 27.4 Å². The van der Waals surface area contributed by atoms with Crippen LogP contribution in [0.2, 0.25) is 0 Å². The first kappa shape index (κ1) is 86.1. The molecular weight excluding hydrogens is 1790 g/mol. The van der Waals surface area contributed by atoms with E-state index in [1.54, 1.807) is 30.3 Å². The number of hydrogen-bond acceptors (Lipinski definition) is 7. The highest BCUT2D eigenvalue weighted by molar-refractivity contribution is 6.26. The van der Waals surface area contributed by atoms with Crippen molar-refractivity contribution in [3.05, 3.63) is 463 Å². The molecule has 21 aromatic carbocycles. The van der Waals surface area contributed by atoms with E-state index in [2.05, 4.69) is 425 Å². The van der Waals surface area contributed by atoms with Gasteiger partial charge < -0.3 is 32.3 Å². The molecule has 0 amide bonds. The van der Waals surface area contributed by atoms with Crippen LogP contribution in [0, 0.1) is 68.0 Å². The van der Waals surface area contributed by atoms with Crippen molar-refractivity contribution in [1.29, 1.82) is 31.6 Å². The van der Waals surface area contributed by atoms with Gasteiger partial charge in [-0.3, -0.25) is 0 Å². The lowest BCUT2D eigenvalue weighted by atomic mass is 9.78. The number of rotatable bonds is 14. The molecule has 13 heteroatoms. The zero-order valence-corrected chi connectivity index (χ0v) is 80.8. The quantitative estimate of drug-likeness (QED) is 0.104. The van der Waals surface area contributed by atoms with Crippen LogP contribution in [0.15, 0.2) is 413 Å². The molecule has 6 aromatic heterocycles. The second-order valence-corrected chi connectivity index (χ2v) is 40.2. The van der Waals surface area contributed by atoms with E-state index in [0.29, 0.717) is 73.9 Å². The Morgan fingerprint density at radius 1 is 0.204 bits per heavy atom. The Morgan fingerprint density at radius 3 is 0.959 bits per heavy atom. The highest BCUT2D eigenvalue weighted by Crippen LogP contribution is 2.52. The summed E-state index contributed by atoms with van der Waals surface area (Å²) in [7, 11) is 0. The average molecular weight is 1880 g/mol. The van der Waals surface area contributed by atoms with E-state index in [1.165, 1.54) is 5.56 Å². The monoisotopic (exact) mass is 1880 g/mol. The Balaban J connectivity index is 0.547. The van der Waals surface area contributed by atoms with Crippen LogP contribution < -0.4 is 4.90 Å². The summed E-state index contributed by atoms with van der Waals surface area (Å²) >= 11 is 0. The van der Waals surface area contributed by atoms with Crippen molar-refractivity contribution in [2.45, 2.75) is 51.9 Å². The van der Waals surface area contributed by atoms with Gasteiger partial charge in [0, 0.05) is 81.7 Å². The number of nitriles is 6. The maximum absolute atomic E-state index is 11.7. The average Bonchev–Trinajstić information content (AvgIpc) is 1.55. The van der Waals surface area contributed by atoms with E-state index in [1.807, 2.05) is 60.7 Å². The van der Waals surface area contributed by atoms with Gasteiger partial charge in [0.1, 0.15) is 36.4 Å². The van der Waals surface area contributed by atoms with Gasteiger partial charge in [0.2, 0.25) is 0 Å². The number of aromatic nitrogens is 6. The van der Waals surface area contributed by atoms with E-state index in [4.69, 9.17) is 0 Å². The zero-order valence-electron chi connectivity index (χ0n) is 80.8. The normalized spacial score (nSPS) is 12.0. The number of nitrogens with zero attached hydrogens (tertiary/aromatic N) is 13. The van der Waals surface area contributed by atoms with Gasteiger partial charge in [-0.05, 0) is 264 Å². The molecular formula is C134H85N13. The summed E-state index contributed by atoms with van der Waals surface area (Å²) in [4.78, 5) is 2.32. The van der Waals surface area contributed by atoms with Crippen LogP contribution in [-0.2, 0) is 17.3 Å². The number of benzene rings is 21. The summed E-state index contributed by atoms with van der Waals surface area (Å²) < 4.78 is 13.2. The lowest BCUT2D eigenvalue weighted by Gasteiger charge is -2.28. The number of hydrogen-bond donors (Lipinski definition) is 0. The number of anilines is 3. The first-order valence-electron chi connectivity index (χ1n) is 49.5. The molecule has 13 nitrogen and oxygen atoms in total. The van der Waals surface area contributed by atoms with Crippen LogP contribution in [0.1, 0.15) is 84.7 Å². The zero-order chi connectivity index (χ0) is 99.1. The highest BCUT2D eigenvalue weighted by atomic mass is 15.1. The van der Waals surface area contributed by atoms with E-state index in [9.17, 15) is 31.6 Å². The molecule has 0 spiro atoms. The minimum absolute atomic E-state index is 0.220. The van der Waals surface area contributed by atoms with Crippen LogP contribution >= 0.6 is 0 Å². The molecule has 147 heavy (non-hydrogen) atoms. The first-order chi connectivity index (χ1) is 72.1. The van der Waals surface area contributed by atoms with E-state index < -0.39 is 5.41 Å². The molecule has 0 saturated carbocycles. The van der Waals surface area contributed by atoms with Crippen molar-refractivity contribution >= 4 is 180 Å². The maximum Gasteiger partial charge on any atom is 0.101 e. The molecule has 6 heterocycles. The smallest absolute Gasteiger partial charge is 0.101 e. The Hall–Kier alpha value is -20.1. The van der Waals surface area contributed by atoms with Crippen molar-refractivity contribution in [2.75, 3.05) is 4.90 Å². The molecule has 0 aliphatic carbocycles. The van der Waals surface area contributed by atoms with E-state index in [0.717, 1.165) is 214 Å². The van der Waals surface area contributed by atoms with Gasteiger partial charge in [-0.1, -0.05) is 271 Å². The van der Waals surface area contributed by atoms with E-state index in [-0.39, 0.29) is 5.41 Å². The lowest BCUT2D eigenvalue weighted by molar-refractivity contribution is 0.523. The Kier molecular flexibility index (Phi) is 19.3. The van der Waals surface area contributed by atoms with Gasteiger partial charge in [-0.15, -0.1) is 0 Å². The second kappa shape index (κ2) is 33.0. The molecule has 0 saturated heterocycles. The van der Waals surface area contributed by atoms with Crippen LogP contribution in [0.5, 0.6) is 0 Å². The Bertz CT molecular complexity index is 10600. The highest BCUT2D eigenvalue weighted by Gasteiger charge is 2.34. The maximum atomic E-state index is 11.7. The fraction of sp³-hybridized carbons (Fsp3) is 0.0597. The van der Waals surface area contributed by atoms with Gasteiger partial charge in [0.25, 0.3) is 0 Å².